The van der Waals surface area contributed by atoms with Crippen LogP contribution in [0.3, 0.4) is 0 Å². The van der Waals surface area contributed by atoms with E-state index in [1.807, 2.05) is 54.9 Å². The highest BCUT2D eigenvalue weighted by atomic mass is 16.2. The first kappa shape index (κ1) is 18.1. The molecule has 2 N–H and O–H groups in total. The topological polar surface area (TPSA) is 66.1 Å². The summed E-state index contributed by atoms with van der Waals surface area (Å²) >= 11 is 0. The lowest BCUT2D eigenvalue weighted by Gasteiger charge is -2.14. The maximum atomic E-state index is 12.8. The summed E-state index contributed by atoms with van der Waals surface area (Å²) in [6, 6.07) is 17.8. The van der Waals surface area contributed by atoms with Crippen LogP contribution in [-0.2, 0) is 13.1 Å². The van der Waals surface area contributed by atoms with E-state index < -0.39 is 0 Å². The highest BCUT2D eigenvalue weighted by Crippen LogP contribution is 2.48. The van der Waals surface area contributed by atoms with Crippen molar-refractivity contribution in [2.45, 2.75) is 25.9 Å². The predicted molar refractivity (Wildman–Crippen MR) is 118 cm³/mol. The minimum Gasteiger partial charge on any atom is -0.350 e. The van der Waals surface area contributed by atoms with Gasteiger partial charge in [0.05, 0.1) is 0 Å². The molecule has 31 heavy (non-hydrogen) atoms. The fourth-order valence-corrected chi connectivity index (χ4v) is 4.51. The van der Waals surface area contributed by atoms with Gasteiger partial charge in [0.1, 0.15) is 5.69 Å². The van der Waals surface area contributed by atoms with E-state index in [1.54, 1.807) is 0 Å². The van der Waals surface area contributed by atoms with Gasteiger partial charge < -0.3 is 15.2 Å². The van der Waals surface area contributed by atoms with E-state index >= 15 is 0 Å². The Kier molecular flexibility index (Phi) is 3.90. The van der Waals surface area contributed by atoms with Crippen LogP contribution in [0.25, 0.3) is 10.9 Å². The summed E-state index contributed by atoms with van der Waals surface area (Å²) in [5, 5.41) is 7.02. The molecule has 3 heterocycles. The Morgan fingerprint density at radius 2 is 1.94 bits per heavy atom. The Labute approximate surface area is 179 Å². The zero-order valence-electron chi connectivity index (χ0n) is 17.1. The minimum absolute atomic E-state index is 0.0290. The molecule has 1 fully saturated rings. The van der Waals surface area contributed by atoms with E-state index in [-0.39, 0.29) is 17.2 Å². The molecule has 1 aromatic heterocycles. The lowest BCUT2D eigenvalue weighted by Crippen LogP contribution is -2.31. The average molecular weight is 411 g/mol. The number of rotatable bonds is 4. The van der Waals surface area contributed by atoms with Gasteiger partial charge in [-0.25, -0.2) is 0 Å². The quantitative estimate of drug-likeness (QED) is 0.648. The Hall–Kier alpha value is -3.67. The summed E-state index contributed by atoms with van der Waals surface area (Å²) < 4.78 is 4.15. The number of carbonyl (C=O) groups is 2. The maximum absolute atomic E-state index is 12.8. The van der Waals surface area contributed by atoms with E-state index in [0.717, 1.165) is 49.1 Å². The largest absolute Gasteiger partial charge is 0.350 e. The van der Waals surface area contributed by atoms with E-state index in [9.17, 15) is 9.59 Å². The Bertz CT molecular complexity index is 1300. The van der Waals surface area contributed by atoms with Crippen molar-refractivity contribution >= 4 is 28.9 Å². The molecule has 0 radical (unpaired) electrons. The van der Waals surface area contributed by atoms with Gasteiger partial charge in [0.2, 0.25) is 0 Å². The van der Waals surface area contributed by atoms with Gasteiger partial charge in [-0.05, 0) is 31.0 Å². The molecular weight excluding hydrogens is 388 g/mol. The molecule has 3 aliphatic rings. The number of hydrogen-bond acceptors (Lipinski definition) is 2. The second-order valence-electron chi connectivity index (χ2n) is 8.90. The number of hydrogen-bond donors (Lipinski definition) is 2. The molecule has 1 spiro atoms. The van der Waals surface area contributed by atoms with Crippen molar-refractivity contribution in [1.29, 1.82) is 0 Å². The highest BCUT2D eigenvalue weighted by Gasteiger charge is 2.45. The molecule has 0 saturated heterocycles. The van der Waals surface area contributed by atoms with Crippen molar-refractivity contribution in [3.8, 4) is 0 Å². The van der Waals surface area contributed by atoms with Crippen LogP contribution in [0.1, 0.15) is 39.3 Å². The molecule has 154 valence electrons. The molecule has 6 rings (SSSR count). The summed E-state index contributed by atoms with van der Waals surface area (Å²) in [6.07, 6.45) is 6.15. The molecule has 6 nitrogen and oxygen atoms in total. The Morgan fingerprint density at radius 1 is 1.13 bits per heavy atom. The van der Waals surface area contributed by atoms with Crippen LogP contribution in [0, 0.1) is 5.41 Å². The number of fused-ring (bicyclic) bond motifs is 3. The van der Waals surface area contributed by atoms with Gasteiger partial charge in [-0.3, -0.25) is 9.59 Å². The number of amides is 2. The molecule has 2 aliphatic heterocycles. The lowest BCUT2D eigenvalue weighted by atomic mass is 10.1. The van der Waals surface area contributed by atoms with Crippen LogP contribution in [-0.4, -0.2) is 33.7 Å². The smallest absolute Gasteiger partial charge is 0.267 e. The van der Waals surface area contributed by atoms with E-state index in [1.165, 1.54) is 5.56 Å². The molecule has 6 heteroatoms. The minimum atomic E-state index is -0.140. The third-order valence-corrected chi connectivity index (χ3v) is 6.55. The summed E-state index contributed by atoms with van der Waals surface area (Å²) in [7, 11) is 0. The van der Waals surface area contributed by atoms with E-state index in [4.69, 9.17) is 0 Å². The fraction of sp³-hybridized carbons (Fsp3) is 0.240. The van der Waals surface area contributed by atoms with Gasteiger partial charge in [0, 0.05) is 40.5 Å². The van der Waals surface area contributed by atoms with E-state index in [0.29, 0.717) is 11.3 Å². The standard InChI is InChI=1S/C25H22N4O2/c30-23(27-20-13-28(14-20)12-17-4-2-1-3-5-17)19-7-6-18-10-22-24(31)26-15-25(8-9-25)16-29(22)21(18)11-19/h1-7,10-11,13-14H,8-9,12,15-16H2,(H-,26,27,30,31)/p+1. The van der Waals surface area contributed by atoms with Gasteiger partial charge in [-0.2, -0.15) is 4.58 Å². The zero-order chi connectivity index (χ0) is 21.0. The third-order valence-electron chi connectivity index (χ3n) is 6.55. The first-order valence-electron chi connectivity index (χ1n) is 10.7. The Morgan fingerprint density at radius 3 is 2.71 bits per heavy atom. The van der Waals surface area contributed by atoms with Crippen LogP contribution in [0.2, 0.25) is 0 Å². The van der Waals surface area contributed by atoms with Crippen molar-refractivity contribution < 1.29 is 14.2 Å². The molecule has 0 atom stereocenters. The molecule has 2 amide bonds. The average Bonchev–Trinajstić information content (AvgIpc) is 3.46. The zero-order valence-corrected chi connectivity index (χ0v) is 17.1. The van der Waals surface area contributed by atoms with Gasteiger partial charge >= 0.3 is 0 Å². The number of nitrogens with one attached hydrogen (secondary N) is 2. The predicted octanol–water partition coefficient (Wildman–Crippen LogP) is 3.03. The van der Waals surface area contributed by atoms with Crippen molar-refractivity contribution in [2.75, 3.05) is 6.54 Å². The lowest BCUT2D eigenvalue weighted by molar-refractivity contribution is -0.481. The first-order chi connectivity index (χ1) is 15.1. The van der Waals surface area contributed by atoms with Crippen LogP contribution in [0.5, 0.6) is 0 Å². The van der Waals surface area contributed by atoms with Crippen molar-refractivity contribution in [1.82, 2.24) is 15.2 Å². The number of benzene rings is 2. The molecule has 0 bridgehead atoms. The summed E-state index contributed by atoms with van der Waals surface area (Å²) in [5.41, 5.74) is 4.42. The summed E-state index contributed by atoms with van der Waals surface area (Å²) in [4.78, 5) is 25.4. The SMILES string of the molecule is O=C(NC1=C[N+](Cc2ccccc2)=C1)c1ccc2cc3n(c2c1)CC1(CC1)CNC3=O. The van der Waals surface area contributed by atoms with Gasteiger partial charge in [-0.15, -0.1) is 0 Å². The summed E-state index contributed by atoms with van der Waals surface area (Å²) in [6.45, 7) is 2.34. The number of carbonyl (C=O) groups excluding carboxylic acids is 2. The highest BCUT2D eigenvalue weighted by molar-refractivity contribution is 6.03. The summed E-state index contributed by atoms with van der Waals surface area (Å²) in [5.74, 6) is -0.169. The van der Waals surface area contributed by atoms with Crippen molar-refractivity contribution in [3.63, 3.8) is 0 Å². The Balaban J connectivity index is 1.21. The van der Waals surface area contributed by atoms with Crippen molar-refractivity contribution in [3.05, 3.63) is 83.3 Å². The van der Waals surface area contributed by atoms with Crippen LogP contribution in [0.4, 0.5) is 0 Å². The second-order valence-corrected chi connectivity index (χ2v) is 8.90. The molecule has 2 aromatic carbocycles. The molecule has 1 aliphatic carbocycles. The van der Waals surface area contributed by atoms with Crippen LogP contribution >= 0.6 is 0 Å². The van der Waals surface area contributed by atoms with Gasteiger partial charge in [0.15, 0.2) is 24.7 Å². The van der Waals surface area contributed by atoms with Crippen LogP contribution < -0.4 is 10.6 Å². The third kappa shape index (κ3) is 3.24. The normalized spacial score (nSPS) is 18.4. The van der Waals surface area contributed by atoms with Crippen molar-refractivity contribution in [2.24, 2.45) is 5.41 Å². The molecule has 1 saturated carbocycles. The number of nitrogens with zero attached hydrogens (tertiary/aromatic N) is 2. The maximum Gasteiger partial charge on any atom is 0.267 e. The van der Waals surface area contributed by atoms with E-state index in [2.05, 4.69) is 31.9 Å². The van der Waals surface area contributed by atoms with Gasteiger partial charge in [0.25, 0.3) is 11.8 Å². The van der Waals surface area contributed by atoms with Crippen LogP contribution in [0.15, 0.2) is 66.5 Å². The molecular formula is C25H23N4O2+. The fourth-order valence-electron chi connectivity index (χ4n) is 4.51. The second kappa shape index (κ2) is 6.67. The monoisotopic (exact) mass is 411 g/mol. The number of aromatic nitrogens is 1. The molecule has 0 unspecified atom stereocenters. The molecule has 3 aromatic rings. The number of allylic oxidation sites excluding steroid dienone is 1. The first-order valence-corrected chi connectivity index (χ1v) is 10.7. The van der Waals surface area contributed by atoms with Gasteiger partial charge in [-0.1, -0.05) is 36.4 Å².